The predicted octanol–water partition coefficient (Wildman–Crippen LogP) is 2.86. The molecule has 0 amide bonds. The van der Waals surface area contributed by atoms with Gasteiger partial charge in [0.1, 0.15) is 0 Å². The summed E-state index contributed by atoms with van der Waals surface area (Å²) in [5.74, 6) is 0. The van der Waals surface area contributed by atoms with Crippen LogP contribution in [0.25, 0.3) is 0 Å². The monoisotopic (exact) mass is 187 g/mol. The van der Waals surface area contributed by atoms with Gasteiger partial charge < -0.3 is 0 Å². The van der Waals surface area contributed by atoms with Crippen LogP contribution in [0.2, 0.25) is 0 Å². The van der Waals surface area contributed by atoms with Crippen LogP contribution in [0, 0.1) is 0 Å². The van der Waals surface area contributed by atoms with E-state index < -0.39 is 0 Å². The normalized spacial score (nSPS) is 11.0. The molecule has 0 aliphatic heterocycles. The first-order valence-electron chi connectivity index (χ1n) is 4.83. The van der Waals surface area contributed by atoms with E-state index in [2.05, 4.69) is 48.9 Å². The quantitative estimate of drug-likeness (QED) is 0.641. The molecular formula is C13H17N. The van der Waals surface area contributed by atoms with E-state index in [-0.39, 0.29) is 0 Å². The average molecular weight is 187 g/mol. The number of allylic oxidation sites excluding steroid dienone is 2. The van der Waals surface area contributed by atoms with Gasteiger partial charge in [0.2, 0.25) is 0 Å². The highest BCUT2D eigenvalue weighted by Crippen LogP contribution is 2.01. The van der Waals surface area contributed by atoms with Crippen LogP contribution >= 0.6 is 0 Å². The molecule has 0 unspecified atom stereocenters. The molecule has 0 fully saturated rings. The van der Waals surface area contributed by atoms with E-state index in [1.54, 1.807) is 6.08 Å². The summed E-state index contributed by atoms with van der Waals surface area (Å²) in [7, 11) is 2.11. The first-order chi connectivity index (χ1) is 6.83. The fraction of sp³-hybridized carbons (Fsp3) is 0.231. The highest BCUT2D eigenvalue weighted by Gasteiger charge is 1.95. The Hall–Kier alpha value is -1.34. The molecule has 0 N–H and O–H groups in total. The Balaban J connectivity index is 2.37. The molecule has 1 rings (SSSR count). The van der Waals surface area contributed by atoms with E-state index in [4.69, 9.17) is 0 Å². The lowest BCUT2D eigenvalue weighted by molar-refractivity contribution is 0.363. The Bertz CT molecular complexity index is 287. The summed E-state index contributed by atoms with van der Waals surface area (Å²) >= 11 is 0. The van der Waals surface area contributed by atoms with Gasteiger partial charge in [-0.2, -0.15) is 0 Å². The van der Waals surface area contributed by atoms with Gasteiger partial charge in [0.25, 0.3) is 0 Å². The van der Waals surface area contributed by atoms with Crippen molar-refractivity contribution in [1.29, 1.82) is 0 Å². The zero-order valence-corrected chi connectivity index (χ0v) is 8.69. The van der Waals surface area contributed by atoms with Crippen molar-refractivity contribution >= 4 is 0 Å². The summed E-state index contributed by atoms with van der Waals surface area (Å²) in [5, 5.41) is 0. The lowest BCUT2D eigenvalue weighted by atomic mass is 10.2. The van der Waals surface area contributed by atoms with Crippen LogP contribution in [0.5, 0.6) is 0 Å². The lowest BCUT2D eigenvalue weighted by Gasteiger charge is -2.13. The number of hydrogen-bond acceptors (Lipinski definition) is 1. The van der Waals surface area contributed by atoms with Crippen molar-refractivity contribution in [2.45, 2.75) is 6.54 Å². The summed E-state index contributed by atoms with van der Waals surface area (Å²) < 4.78 is 0. The maximum Gasteiger partial charge on any atom is 0.0233 e. The van der Waals surface area contributed by atoms with Gasteiger partial charge in [0.15, 0.2) is 0 Å². The van der Waals surface area contributed by atoms with Gasteiger partial charge in [0, 0.05) is 13.1 Å². The van der Waals surface area contributed by atoms with E-state index in [0.717, 1.165) is 13.1 Å². The van der Waals surface area contributed by atoms with Crippen LogP contribution in [0.3, 0.4) is 0 Å². The topological polar surface area (TPSA) is 3.24 Å². The summed E-state index contributed by atoms with van der Waals surface area (Å²) in [5.41, 5.74) is 1.35. The molecule has 0 spiro atoms. The molecule has 0 heterocycles. The van der Waals surface area contributed by atoms with Gasteiger partial charge in [-0.1, -0.05) is 55.1 Å². The molecular weight excluding hydrogens is 170 g/mol. The minimum Gasteiger partial charge on any atom is -0.298 e. The van der Waals surface area contributed by atoms with Gasteiger partial charge in [0.05, 0.1) is 0 Å². The van der Waals surface area contributed by atoms with E-state index in [1.165, 1.54) is 5.56 Å². The zero-order chi connectivity index (χ0) is 10.2. The maximum atomic E-state index is 3.64. The Labute approximate surface area is 86.4 Å². The van der Waals surface area contributed by atoms with Gasteiger partial charge >= 0.3 is 0 Å². The summed E-state index contributed by atoms with van der Waals surface area (Å²) in [6.45, 7) is 5.58. The zero-order valence-electron chi connectivity index (χ0n) is 8.69. The highest BCUT2D eigenvalue weighted by atomic mass is 15.1. The third-order valence-electron chi connectivity index (χ3n) is 1.98. The van der Waals surface area contributed by atoms with Crippen LogP contribution in [0.15, 0.2) is 55.1 Å². The fourth-order valence-corrected chi connectivity index (χ4v) is 1.30. The summed E-state index contributed by atoms with van der Waals surface area (Å²) in [6.07, 6.45) is 5.88. The van der Waals surface area contributed by atoms with Crippen LogP contribution in [-0.2, 0) is 6.54 Å². The molecule has 1 aromatic rings. The second-order valence-electron chi connectivity index (χ2n) is 3.35. The summed E-state index contributed by atoms with van der Waals surface area (Å²) in [6, 6.07) is 10.5. The number of likely N-dealkylation sites (N-methyl/N-ethyl adjacent to an activating group) is 1. The van der Waals surface area contributed by atoms with Crippen LogP contribution in [-0.4, -0.2) is 18.5 Å². The van der Waals surface area contributed by atoms with E-state index in [0.29, 0.717) is 0 Å². The molecule has 0 atom stereocenters. The molecule has 0 radical (unpaired) electrons. The molecule has 0 aromatic heterocycles. The molecule has 1 nitrogen and oxygen atoms in total. The van der Waals surface area contributed by atoms with Crippen molar-refractivity contribution in [2.24, 2.45) is 0 Å². The van der Waals surface area contributed by atoms with Crippen molar-refractivity contribution < 1.29 is 0 Å². The van der Waals surface area contributed by atoms with Crippen molar-refractivity contribution in [3.8, 4) is 0 Å². The van der Waals surface area contributed by atoms with E-state index >= 15 is 0 Å². The van der Waals surface area contributed by atoms with Crippen LogP contribution in [0.1, 0.15) is 5.56 Å². The number of hydrogen-bond donors (Lipinski definition) is 0. The summed E-state index contributed by atoms with van der Waals surface area (Å²) in [4.78, 5) is 2.26. The Kier molecular flexibility index (Phi) is 4.73. The smallest absolute Gasteiger partial charge is 0.0233 e. The number of rotatable bonds is 5. The first kappa shape index (κ1) is 10.7. The fourth-order valence-electron chi connectivity index (χ4n) is 1.30. The predicted molar refractivity (Wildman–Crippen MR) is 62.1 cm³/mol. The third kappa shape index (κ3) is 4.06. The molecule has 0 bridgehead atoms. The van der Waals surface area contributed by atoms with E-state index in [9.17, 15) is 0 Å². The molecule has 1 heteroatoms. The molecule has 1 aromatic carbocycles. The standard InChI is InChI=1S/C13H17N/c1-3-4-8-11-14(2)12-13-9-6-5-7-10-13/h3-10H,1,11-12H2,2H3/b8-4+. The van der Waals surface area contributed by atoms with Crippen molar-refractivity contribution in [2.75, 3.05) is 13.6 Å². The lowest BCUT2D eigenvalue weighted by Crippen LogP contribution is -2.17. The van der Waals surface area contributed by atoms with Gasteiger partial charge in [-0.05, 0) is 12.6 Å². The van der Waals surface area contributed by atoms with E-state index in [1.807, 2.05) is 12.1 Å². The molecule has 0 aliphatic carbocycles. The Morgan fingerprint density at radius 1 is 1.29 bits per heavy atom. The second kappa shape index (κ2) is 6.17. The van der Waals surface area contributed by atoms with Crippen molar-refractivity contribution in [3.05, 3.63) is 60.7 Å². The third-order valence-corrected chi connectivity index (χ3v) is 1.98. The molecule has 74 valence electrons. The van der Waals surface area contributed by atoms with Gasteiger partial charge in [-0.3, -0.25) is 4.90 Å². The van der Waals surface area contributed by atoms with Crippen LogP contribution < -0.4 is 0 Å². The van der Waals surface area contributed by atoms with Crippen molar-refractivity contribution in [1.82, 2.24) is 4.90 Å². The molecule has 14 heavy (non-hydrogen) atoms. The molecule has 0 aliphatic rings. The largest absolute Gasteiger partial charge is 0.298 e. The van der Waals surface area contributed by atoms with Crippen LogP contribution in [0.4, 0.5) is 0 Å². The minimum atomic E-state index is 0.959. The minimum absolute atomic E-state index is 0.959. The number of nitrogens with zero attached hydrogens (tertiary/aromatic N) is 1. The first-order valence-corrected chi connectivity index (χ1v) is 4.83. The second-order valence-corrected chi connectivity index (χ2v) is 3.35. The number of benzene rings is 1. The van der Waals surface area contributed by atoms with Gasteiger partial charge in [-0.15, -0.1) is 0 Å². The Morgan fingerprint density at radius 3 is 2.64 bits per heavy atom. The van der Waals surface area contributed by atoms with Crippen molar-refractivity contribution in [3.63, 3.8) is 0 Å². The highest BCUT2D eigenvalue weighted by molar-refractivity contribution is 5.14. The average Bonchev–Trinajstić information content (AvgIpc) is 2.20. The molecule has 0 saturated heterocycles. The van der Waals surface area contributed by atoms with Gasteiger partial charge in [-0.25, -0.2) is 0 Å². The SMILES string of the molecule is C=C/C=C/CN(C)Cc1ccccc1. The molecule has 0 saturated carbocycles. The Morgan fingerprint density at radius 2 is 2.00 bits per heavy atom. The maximum absolute atomic E-state index is 3.64.